The second-order valence-electron chi connectivity index (χ2n) is 6.44. The highest BCUT2D eigenvalue weighted by Gasteiger charge is 2.31. The first kappa shape index (κ1) is 14.0. The van der Waals surface area contributed by atoms with Crippen LogP contribution in [0.15, 0.2) is 17.5 Å². The molecule has 0 amide bonds. The number of nitrogens with zero attached hydrogens (tertiary/aromatic N) is 1. The summed E-state index contributed by atoms with van der Waals surface area (Å²) in [6.45, 7) is 10.2. The van der Waals surface area contributed by atoms with Gasteiger partial charge in [-0.15, -0.1) is 11.3 Å². The Kier molecular flexibility index (Phi) is 4.46. The summed E-state index contributed by atoms with van der Waals surface area (Å²) in [7, 11) is 0. The van der Waals surface area contributed by atoms with E-state index in [4.69, 9.17) is 5.73 Å². The van der Waals surface area contributed by atoms with E-state index < -0.39 is 0 Å². The maximum atomic E-state index is 5.98. The lowest BCUT2D eigenvalue weighted by Gasteiger charge is -2.41. The van der Waals surface area contributed by atoms with Crippen LogP contribution < -0.4 is 5.73 Å². The minimum atomic E-state index is 0.436. The van der Waals surface area contributed by atoms with Crippen molar-refractivity contribution in [3.05, 3.63) is 22.4 Å². The molecule has 0 aliphatic carbocycles. The van der Waals surface area contributed by atoms with Crippen molar-refractivity contribution in [2.75, 3.05) is 19.6 Å². The van der Waals surface area contributed by atoms with Crippen LogP contribution in [0.4, 0.5) is 0 Å². The summed E-state index contributed by atoms with van der Waals surface area (Å²) < 4.78 is 0. The van der Waals surface area contributed by atoms with Gasteiger partial charge in [0.2, 0.25) is 0 Å². The predicted octanol–water partition coefficient (Wildman–Crippen LogP) is 3.51. The average Bonchev–Trinajstić information content (AvgIpc) is 2.83. The molecule has 2 nitrogen and oxygen atoms in total. The molecule has 0 aromatic carbocycles. The van der Waals surface area contributed by atoms with E-state index in [-0.39, 0.29) is 0 Å². The number of thiophene rings is 1. The van der Waals surface area contributed by atoms with Gasteiger partial charge in [-0.05, 0) is 48.7 Å². The van der Waals surface area contributed by atoms with Crippen LogP contribution in [-0.4, -0.2) is 24.5 Å². The van der Waals surface area contributed by atoms with Crippen molar-refractivity contribution in [3.8, 4) is 0 Å². The molecule has 0 saturated carbocycles. The summed E-state index contributed by atoms with van der Waals surface area (Å²) in [5.41, 5.74) is 6.43. The normalized spacial score (nSPS) is 21.1. The molecule has 1 aliphatic rings. The molecule has 2 heterocycles. The lowest BCUT2D eigenvalue weighted by molar-refractivity contribution is 0.0857. The summed E-state index contributed by atoms with van der Waals surface area (Å²) in [5.74, 6) is 0.857. The Morgan fingerprint density at radius 3 is 2.50 bits per heavy atom. The van der Waals surface area contributed by atoms with Crippen molar-refractivity contribution in [1.29, 1.82) is 0 Å². The lowest BCUT2D eigenvalue weighted by atomic mass is 9.75. The molecule has 0 radical (unpaired) electrons. The highest BCUT2D eigenvalue weighted by molar-refractivity contribution is 7.10. The molecule has 0 spiro atoms. The van der Waals surface area contributed by atoms with Gasteiger partial charge in [0.25, 0.3) is 0 Å². The summed E-state index contributed by atoms with van der Waals surface area (Å²) >= 11 is 1.83. The third kappa shape index (κ3) is 3.14. The van der Waals surface area contributed by atoms with E-state index >= 15 is 0 Å². The molecule has 2 N–H and O–H groups in total. The summed E-state index contributed by atoms with van der Waals surface area (Å²) in [5, 5.41) is 2.15. The van der Waals surface area contributed by atoms with Crippen LogP contribution in [0.1, 0.15) is 44.5 Å². The van der Waals surface area contributed by atoms with Gasteiger partial charge in [0.05, 0.1) is 6.04 Å². The minimum absolute atomic E-state index is 0.436. The van der Waals surface area contributed by atoms with Gasteiger partial charge in [-0.3, -0.25) is 4.90 Å². The molecule has 1 unspecified atom stereocenters. The maximum Gasteiger partial charge on any atom is 0.0564 e. The molecule has 2 rings (SSSR count). The van der Waals surface area contributed by atoms with Crippen LogP contribution in [0, 0.1) is 11.3 Å². The fourth-order valence-electron chi connectivity index (χ4n) is 3.00. The van der Waals surface area contributed by atoms with E-state index in [2.05, 4.69) is 43.2 Å². The smallest absolute Gasteiger partial charge is 0.0564 e. The van der Waals surface area contributed by atoms with Gasteiger partial charge in [-0.2, -0.15) is 0 Å². The SMILES string of the molecule is CC(C)(C)C1CCN(C(CN)c2cccs2)CC1. The topological polar surface area (TPSA) is 29.3 Å². The zero-order chi connectivity index (χ0) is 13.2. The van der Waals surface area contributed by atoms with Crippen molar-refractivity contribution < 1.29 is 0 Å². The van der Waals surface area contributed by atoms with Gasteiger partial charge < -0.3 is 5.73 Å². The summed E-state index contributed by atoms with van der Waals surface area (Å²) in [4.78, 5) is 4.00. The fraction of sp³-hybridized carbons (Fsp3) is 0.733. The van der Waals surface area contributed by atoms with Crippen LogP contribution in [0.25, 0.3) is 0 Å². The molecule has 3 heteroatoms. The van der Waals surface area contributed by atoms with E-state index in [1.165, 1.54) is 30.8 Å². The highest BCUT2D eigenvalue weighted by Crippen LogP contribution is 2.36. The van der Waals surface area contributed by atoms with Crippen molar-refractivity contribution >= 4 is 11.3 Å². The fourth-order valence-corrected chi connectivity index (χ4v) is 3.88. The molecule has 1 aliphatic heterocycles. The van der Waals surface area contributed by atoms with Gasteiger partial charge >= 0.3 is 0 Å². The van der Waals surface area contributed by atoms with Crippen molar-refractivity contribution in [3.63, 3.8) is 0 Å². The number of nitrogens with two attached hydrogens (primary N) is 1. The standard InChI is InChI=1S/C15H26N2S/c1-15(2,3)12-6-8-17(9-7-12)13(11-16)14-5-4-10-18-14/h4-5,10,12-13H,6-9,11,16H2,1-3H3. The van der Waals surface area contributed by atoms with Gasteiger partial charge in [0.1, 0.15) is 0 Å². The third-order valence-electron chi connectivity index (χ3n) is 4.29. The molecule has 1 aromatic heterocycles. The van der Waals surface area contributed by atoms with Crippen LogP contribution in [0.3, 0.4) is 0 Å². The second-order valence-corrected chi connectivity index (χ2v) is 7.42. The van der Waals surface area contributed by atoms with Gasteiger partial charge in [0.15, 0.2) is 0 Å². The molecule has 1 atom stereocenters. The van der Waals surface area contributed by atoms with Crippen LogP contribution in [0.2, 0.25) is 0 Å². The first-order valence-electron chi connectivity index (χ1n) is 7.00. The monoisotopic (exact) mass is 266 g/mol. The molecule has 1 saturated heterocycles. The Morgan fingerprint density at radius 2 is 2.06 bits per heavy atom. The first-order chi connectivity index (χ1) is 8.52. The van der Waals surface area contributed by atoms with Gasteiger partial charge in [0, 0.05) is 11.4 Å². The molecule has 1 fully saturated rings. The summed E-state index contributed by atoms with van der Waals surface area (Å²) in [6, 6.07) is 4.79. The number of likely N-dealkylation sites (tertiary alicyclic amines) is 1. The van der Waals surface area contributed by atoms with E-state index in [0.717, 1.165) is 12.5 Å². The Labute approximate surface area is 115 Å². The van der Waals surface area contributed by atoms with Crippen molar-refractivity contribution in [2.45, 2.75) is 39.7 Å². The van der Waals surface area contributed by atoms with Crippen LogP contribution >= 0.6 is 11.3 Å². The second kappa shape index (κ2) is 5.72. The Morgan fingerprint density at radius 1 is 1.39 bits per heavy atom. The molecule has 1 aromatic rings. The van der Waals surface area contributed by atoms with Crippen LogP contribution in [0.5, 0.6) is 0 Å². The zero-order valence-corrected chi connectivity index (χ0v) is 12.7. The van der Waals surface area contributed by atoms with Gasteiger partial charge in [-0.1, -0.05) is 26.8 Å². The maximum absolute atomic E-state index is 5.98. The number of rotatable bonds is 3. The predicted molar refractivity (Wildman–Crippen MR) is 79.9 cm³/mol. The Bertz CT molecular complexity index is 345. The highest BCUT2D eigenvalue weighted by atomic mass is 32.1. The Balaban J connectivity index is 1.96. The minimum Gasteiger partial charge on any atom is -0.329 e. The number of piperidine rings is 1. The van der Waals surface area contributed by atoms with Crippen molar-refractivity contribution in [2.24, 2.45) is 17.1 Å². The van der Waals surface area contributed by atoms with E-state index in [0.29, 0.717) is 11.5 Å². The van der Waals surface area contributed by atoms with Crippen molar-refractivity contribution in [1.82, 2.24) is 4.90 Å². The van der Waals surface area contributed by atoms with E-state index in [1.807, 2.05) is 11.3 Å². The van der Waals surface area contributed by atoms with E-state index in [9.17, 15) is 0 Å². The molecule has 18 heavy (non-hydrogen) atoms. The quantitative estimate of drug-likeness (QED) is 0.907. The first-order valence-corrected chi connectivity index (χ1v) is 7.88. The number of hydrogen-bond donors (Lipinski definition) is 1. The third-order valence-corrected chi connectivity index (χ3v) is 5.26. The molecular formula is C15H26N2S. The van der Waals surface area contributed by atoms with Crippen LogP contribution in [-0.2, 0) is 0 Å². The molecule has 0 bridgehead atoms. The zero-order valence-electron chi connectivity index (χ0n) is 11.9. The summed E-state index contributed by atoms with van der Waals surface area (Å²) in [6.07, 6.45) is 2.62. The van der Waals surface area contributed by atoms with Gasteiger partial charge in [-0.25, -0.2) is 0 Å². The lowest BCUT2D eigenvalue weighted by Crippen LogP contribution is -2.42. The molecule has 102 valence electrons. The molecular weight excluding hydrogens is 240 g/mol. The number of hydrogen-bond acceptors (Lipinski definition) is 3. The largest absolute Gasteiger partial charge is 0.329 e. The average molecular weight is 266 g/mol. The van der Waals surface area contributed by atoms with E-state index in [1.54, 1.807) is 0 Å². The Hall–Kier alpha value is -0.380.